The summed E-state index contributed by atoms with van der Waals surface area (Å²) in [4.78, 5) is 6.85. The van der Waals surface area contributed by atoms with Crippen LogP contribution in [0.15, 0.2) is 18.3 Å². The molecule has 0 aliphatic heterocycles. The minimum atomic E-state index is 0.578. The van der Waals surface area contributed by atoms with Gasteiger partial charge in [-0.15, -0.1) is 0 Å². The highest BCUT2D eigenvalue weighted by atomic mass is 15.1. The fourth-order valence-electron chi connectivity index (χ4n) is 1.77. The van der Waals surface area contributed by atoms with E-state index in [2.05, 4.69) is 55.2 Å². The van der Waals surface area contributed by atoms with Gasteiger partial charge in [-0.1, -0.05) is 19.9 Å². The Morgan fingerprint density at radius 3 is 2.47 bits per heavy atom. The van der Waals surface area contributed by atoms with E-state index in [-0.39, 0.29) is 0 Å². The lowest BCUT2D eigenvalue weighted by molar-refractivity contribution is 0.198. The molecule has 1 heterocycles. The molecule has 0 saturated carbocycles. The van der Waals surface area contributed by atoms with E-state index in [0.29, 0.717) is 12.0 Å². The van der Waals surface area contributed by atoms with Crippen LogP contribution >= 0.6 is 0 Å². The normalized spacial score (nSPS) is 13.4. The quantitative estimate of drug-likeness (QED) is 0.820. The number of hydrogen-bond donors (Lipinski definition) is 1. The molecule has 0 spiro atoms. The molecule has 0 aliphatic rings. The van der Waals surface area contributed by atoms with E-state index < -0.39 is 0 Å². The van der Waals surface area contributed by atoms with E-state index in [1.807, 2.05) is 13.2 Å². The Labute approximate surface area is 105 Å². The second-order valence-corrected chi connectivity index (χ2v) is 5.09. The van der Waals surface area contributed by atoms with Crippen LogP contribution in [0.2, 0.25) is 0 Å². The van der Waals surface area contributed by atoms with Gasteiger partial charge < -0.3 is 5.32 Å². The number of pyridine rings is 1. The summed E-state index contributed by atoms with van der Waals surface area (Å²) in [5.41, 5.74) is 2.37. The van der Waals surface area contributed by atoms with Crippen molar-refractivity contribution in [3.63, 3.8) is 0 Å². The highest BCUT2D eigenvalue weighted by Gasteiger charge is 2.13. The molecule has 0 bridgehead atoms. The first-order valence-corrected chi connectivity index (χ1v) is 6.33. The molecule has 0 saturated heterocycles. The van der Waals surface area contributed by atoms with Crippen LogP contribution in [-0.4, -0.2) is 30.0 Å². The maximum atomic E-state index is 4.50. The number of rotatable bonds is 6. The van der Waals surface area contributed by atoms with Gasteiger partial charge in [-0.2, -0.15) is 0 Å². The van der Waals surface area contributed by atoms with Gasteiger partial charge in [0, 0.05) is 25.3 Å². The van der Waals surface area contributed by atoms with Crippen LogP contribution in [0.5, 0.6) is 0 Å². The molecule has 1 aromatic heterocycles. The van der Waals surface area contributed by atoms with E-state index in [4.69, 9.17) is 0 Å². The lowest BCUT2D eigenvalue weighted by Crippen LogP contribution is -2.32. The van der Waals surface area contributed by atoms with Crippen molar-refractivity contribution in [3.05, 3.63) is 29.6 Å². The highest BCUT2D eigenvalue weighted by Crippen LogP contribution is 2.11. The van der Waals surface area contributed by atoms with Crippen molar-refractivity contribution in [2.24, 2.45) is 5.92 Å². The van der Waals surface area contributed by atoms with Crippen molar-refractivity contribution in [2.75, 3.05) is 14.1 Å². The fraction of sp³-hybridized carbons (Fsp3) is 0.643. The first-order chi connectivity index (χ1) is 8.04. The summed E-state index contributed by atoms with van der Waals surface area (Å²) in [5, 5.41) is 3.13. The average molecular weight is 235 g/mol. The Kier molecular flexibility index (Phi) is 5.59. The molecule has 3 heteroatoms. The smallest absolute Gasteiger partial charge is 0.0544 e. The zero-order chi connectivity index (χ0) is 12.8. The Bertz CT molecular complexity index is 319. The van der Waals surface area contributed by atoms with Crippen LogP contribution in [0.4, 0.5) is 0 Å². The Morgan fingerprint density at radius 1 is 1.29 bits per heavy atom. The van der Waals surface area contributed by atoms with Gasteiger partial charge in [0.15, 0.2) is 0 Å². The lowest BCUT2D eigenvalue weighted by atomic mass is 10.1. The zero-order valence-electron chi connectivity index (χ0n) is 11.7. The first-order valence-electron chi connectivity index (χ1n) is 6.33. The van der Waals surface area contributed by atoms with Gasteiger partial charge in [0.2, 0.25) is 0 Å². The zero-order valence-corrected chi connectivity index (χ0v) is 11.7. The van der Waals surface area contributed by atoms with E-state index in [1.165, 1.54) is 5.56 Å². The second kappa shape index (κ2) is 6.72. The molecule has 0 aromatic carbocycles. The summed E-state index contributed by atoms with van der Waals surface area (Å²) in [7, 11) is 4.11. The molecular formula is C14H25N3. The van der Waals surface area contributed by atoms with Gasteiger partial charge in [-0.3, -0.25) is 9.88 Å². The first kappa shape index (κ1) is 14.1. The molecule has 17 heavy (non-hydrogen) atoms. The van der Waals surface area contributed by atoms with Crippen LogP contribution in [0.25, 0.3) is 0 Å². The summed E-state index contributed by atoms with van der Waals surface area (Å²) < 4.78 is 0. The van der Waals surface area contributed by atoms with Gasteiger partial charge in [0.05, 0.1) is 5.69 Å². The molecule has 1 rings (SSSR count). The standard InChI is InChI=1S/C14H25N3/c1-11(2)12(3)17(5)10-14-7-6-13(8-15-4)9-16-14/h6-7,9,11-12,15H,8,10H2,1-5H3. The number of nitrogens with one attached hydrogen (secondary N) is 1. The fourth-order valence-corrected chi connectivity index (χ4v) is 1.77. The van der Waals surface area contributed by atoms with Crippen LogP contribution in [-0.2, 0) is 13.1 Å². The molecule has 1 aromatic rings. The molecule has 0 fully saturated rings. The number of hydrogen-bond acceptors (Lipinski definition) is 3. The minimum Gasteiger partial charge on any atom is -0.316 e. The summed E-state index contributed by atoms with van der Waals surface area (Å²) in [6.07, 6.45) is 1.96. The Morgan fingerprint density at radius 2 is 2.00 bits per heavy atom. The van der Waals surface area contributed by atoms with Crippen molar-refractivity contribution in [1.29, 1.82) is 0 Å². The predicted octanol–water partition coefficient (Wildman–Crippen LogP) is 2.28. The lowest BCUT2D eigenvalue weighted by Gasteiger charge is -2.27. The average Bonchev–Trinajstić information content (AvgIpc) is 2.30. The third-order valence-corrected chi connectivity index (χ3v) is 3.34. The maximum Gasteiger partial charge on any atom is 0.0544 e. The van der Waals surface area contributed by atoms with Gasteiger partial charge in [-0.25, -0.2) is 0 Å². The van der Waals surface area contributed by atoms with E-state index >= 15 is 0 Å². The highest BCUT2D eigenvalue weighted by molar-refractivity contribution is 5.13. The minimum absolute atomic E-state index is 0.578. The van der Waals surface area contributed by atoms with Crippen molar-refractivity contribution in [1.82, 2.24) is 15.2 Å². The van der Waals surface area contributed by atoms with Gasteiger partial charge in [0.1, 0.15) is 0 Å². The Balaban J connectivity index is 2.56. The molecule has 3 nitrogen and oxygen atoms in total. The SMILES string of the molecule is CNCc1ccc(CN(C)C(C)C(C)C)nc1. The van der Waals surface area contributed by atoms with Gasteiger partial charge in [0.25, 0.3) is 0 Å². The summed E-state index contributed by atoms with van der Waals surface area (Å²) in [5.74, 6) is 0.670. The van der Waals surface area contributed by atoms with Crippen molar-refractivity contribution < 1.29 is 0 Å². The second-order valence-electron chi connectivity index (χ2n) is 5.09. The summed E-state index contributed by atoms with van der Waals surface area (Å²) in [6.45, 7) is 8.57. The number of nitrogens with zero attached hydrogens (tertiary/aromatic N) is 2. The van der Waals surface area contributed by atoms with Crippen molar-refractivity contribution in [2.45, 2.75) is 39.9 Å². The molecule has 1 atom stereocenters. The van der Waals surface area contributed by atoms with Crippen LogP contribution in [0.3, 0.4) is 0 Å². The molecule has 1 unspecified atom stereocenters. The summed E-state index contributed by atoms with van der Waals surface area (Å²) >= 11 is 0. The molecular weight excluding hydrogens is 210 g/mol. The third-order valence-electron chi connectivity index (χ3n) is 3.34. The van der Waals surface area contributed by atoms with Crippen LogP contribution in [0, 0.1) is 5.92 Å². The van der Waals surface area contributed by atoms with Crippen LogP contribution < -0.4 is 5.32 Å². The molecule has 0 radical (unpaired) electrons. The molecule has 0 aliphatic carbocycles. The number of aromatic nitrogens is 1. The predicted molar refractivity (Wildman–Crippen MR) is 72.8 cm³/mol. The monoisotopic (exact) mass is 235 g/mol. The Hall–Kier alpha value is -0.930. The molecule has 0 amide bonds. The maximum absolute atomic E-state index is 4.50. The van der Waals surface area contributed by atoms with Gasteiger partial charge in [-0.05, 0) is 38.6 Å². The van der Waals surface area contributed by atoms with E-state index in [0.717, 1.165) is 18.8 Å². The molecule has 96 valence electrons. The largest absolute Gasteiger partial charge is 0.316 e. The molecule has 1 N–H and O–H groups in total. The van der Waals surface area contributed by atoms with Gasteiger partial charge >= 0.3 is 0 Å². The summed E-state index contributed by atoms with van der Waals surface area (Å²) in [6, 6.07) is 4.84. The third kappa shape index (κ3) is 4.44. The van der Waals surface area contributed by atoms with Crippen molar-refractivity contribution in [3.8, 4) is 0 Å². The van der Waals surface area contributed by atoms with Crippen molar-refractivity contribution >= 4 is 0 Å². The topological polar surface area (TPSA) is 28.2 Å². The van der Waals surface area contributed by atoms with E-state index in [1.54, 1.807) is 0 Å². The van der Waals surface area contributed by atoms with E-state index in [9.17, 15) is 0 Å². The van der Waals surface area contributed by atoms with Crippen LogP contribution in [0.1, 0.15) is 32.0 Å².